The first kappa shape index (κ1) is 26.1. The van der Waals surface area contributed by atoms with Crippen molar-refractivity contribution in [3.63, 3.8) is 0 Å². The minimum Gasteiger partial charge on any atom is -0.387 e. The summed E-state index contributed by atoms with van der Waals surface area (Å²) in [6.07, 6.45) is 11.8. The molecule has 1 fully saturated rings. The quantitative estimate of drug-likeness (QED) is 0.302. The number of aliphatic hydroxyl groups excluding tert-OH is 1. The van der Waals surface area contributed by atoms with Crippen LogP contribution in [0, 0.1) is 17.2 Å². The third kappa shape index (κ3) is 7.74. The van der Waals surface area contributed by atoms with E-state index >= 15 is 0 Å². The Morgan fingerprint density at radius 1 is 1.23 bits per heavy atom. The monoisotopic (exact) mass is 474 g/mol. The highest BCUT2D eigenvalue weighted by atomic mass is 16.3. The van der Waals surface area contributed by atoms with Crippen LogP contribution in [0.15, 0.2) is 48.8 Å². The van der Waals surface area contributed by atoms with Gasteiger partial charge in [-0.15, -0.1) is 0 Å². The van der Waals surface area contributed by atoms with Crippen molar-refractivity contribution >= 4 is 28.4 Å². The van der Waals surface area contributed by atoms with Gasteiger partial charge in [-0.2, -0.15) is 5.26 Å². The van der Waals surface area contributed by atoms with Crippen LogP contribution in [0.2, 0.25) is 0 Å². The molecule has 0 radical (unpaired) electrons. The summed E-state index contributed by atoms with van der Waals surface area (Å²) in [6, 6.07) is 13.8. The van der Waals surface area contributed by atoms with Gasteiger partial charge in [0.2, 0.25) is 0 Å². The van der Waals surface area contributed by atoms with Crippen molar-refractivity contribution in [3.8, 4) is 6.07 Å². The van der Waals surface area contributed by atoms with E-state index < -0.39 is 0 Å². The van der Waals surface area contributed by atoms with E-state index in [4.69, 9.17) is 5.26 Å². The zero-order chi connectivity index (χ0) is 24.9. The van der Waals surface area contributed by atoms with Crippen molar-refractivity contribution < 1.29 is 9.90 Å². The summed E-state index contributed by atoms with van der Waals surface area (Å²) in [5.41, 5.74) is 3.49. The summed E-state index contributed by atoms with van der Waals surface area (Å²) in [5, 5.41) is 21.7. The third-order valence-electron chi connectivity index (χ3n) is 6.05. The van der Waals surface area contributed by atoms with Gasteiger partial charge in [0, 0.05) is 24.5 Å². The first-order valence-electron chi connectivity index (χ1n) is 12.1. The molecule has 1 aromatic carbocycles. The number of H-pyrrole nitrogens is 2. The van der Waals surface area contributed by atoms with Crippen LogP contribution >= 0.6 is 0 Å². The van der Waals surface area contributed by atoms with E-state index in [0.717, 1.165) is 46.3 Å². The summed E-state index contributed by atoms with van der Waals surface area (Å²) in [5.74, 6) is 1.42. The lowest BCUT2D eigenvalue weighted by molar-refractivity contribution is -0.107. The Hall–Kier alpha value is -3.54. The van der Waals surface area contributed by atoms with Gasteiger partial charge in [0.05, 0.1) is 30.3 Å². The van der Waals surface area contributed by atoms with Crippen molar-refractivity contribution in [1.82, 2.24) is 25.3 Å². The van der Waals surface area contributed by atoms with Gasteiger partial charge < -0.3 is 25.2 Å². The number of nitrogens with zero attached hydrogens (tertiary/aromatic N) is 3. The highest BCUT2D eigenvalue weighted by Crippen LogP contribution is 2.25. The van der Waals surface area contributed by atoms with E-state index in [1.165, 1.54) is 32.1 Å². The van der Waals surface area contributed by atoms with Crippen molar-refractivity contribution in [2.24, 2.45) is 5.92 Å². The Morgan fingerprint density at radius 3 is 2.69 bits per heavy atom. The Balaban J connectivity index is 0.000000153. The molecule has 0 saturated heterocycles. The molecule has 0 spiro atoms. The van der Waals surface area contributed by atoms with E-state index in [9.17, 15) is 9.90 Å². The fourth-order valence-electron chi connectivity index (χ4n) is 4.21. The summed E-state index contributed by atoms with van der Waals surface area (Å²) >= 11 is 0. The van der Waals surface area contributed by atoms with Gasteiger partial charge in [0.25, 0.3) is 0 Å². The van der Waals surface area contributed by atoms with Crippen LogP contribution < -0.4 is 5.32 Å². The molecule has 4 aromatic rings. The van der Waals surface area contributed by atoms with Gasteiger partial charge in [0.15, 0.2) is 0 Å². The number of hydrogen-bond acceptors (Lipinski definition) is 6. The molecule has 5 rings (SSSR count). The maximum absolute atomic E-state index is 10.4. The number of carbonyl (C=O) groups is 1. The maximum atomic E-state index is 10.4. The SMILES string of the molecule is CNCC(O)c1ccccc1.N#CCC1CCCCC1.O=CCc1nc2c(cnc3[nH]ccc32)[nH]1. The zero-order valence-electron chi connectivity index (χ0n) is 20.2. The number of carbonyl (C=O) groups excluding carboxylic acids is 1. The molecule has 0 amide bonds. The van der Waals surface area contributed by atoms with Gasteiger partial charge in [-0.3, -0.25) is 0 Å². The molecule has 35 heavy (non-hydrogen) atoms. The molecule has 1 unspecified atom stereocenters. The zero-order valence-corrected chi connectivity index (χ0v) is 20.2. The molecule has 8 nitrogen and oxygen atoms in total. The van der Waals surface area contributed by atoms with Gasteiger partial charge in [-0.1, -0.05) is 49.6 Å². The Morgan fingerprint density at radius 2 is 2.00 bits per heavy atom. The minimum absolute atomic E-state index is 0.306. The number of aromatic amines is 2. The molecule has 8 heteroatoms. The molecule has 1 atom stereocenters. The maximum Gasteiger partial charge on any atom is 0.139 e. The lowest BCUT2D eigenvalue weighted by Crippen LogP contribution is -2.16. The second kappa shape index (κ2) is 14.0. The molecule has 1 aliphatic carbocycles. The lowest BCUT2D eigenvalue weighted by atomic mass is 9.87. The van der Waals surface area contributed by atoms with E-state index in [1.807, 2.05) is 49.6 Å². The first-order valence-corrected chi connectivity index (χ1v) is 12.1. The Labute approximate surface area is 205 Å². The number of aromatic nitrogens is 4. The number of likely N-dealkylation sites (N-methyl/N-ethyl adjacent to an activating group) is 1. The van der Waals surface area contributed by atoms with Crippen LogP contribution in [0.4, 0.5) is 0 Å². The molecule has 3 aromatic heterocycles. The number of pyridine rings is 1. The molecule has 0 bridgehead atoms. The predicted molar refractivity (Wildman–Crippen MR) is 138 cm³/mol. The van der Waals surface area contributed by atoms with Crippen molar-refractivity contribution in [1.29, 1.82) is 5.26 Å². The van der Waals surface area contributed by atoms with Crippen molar-refractivity contribution in [2.75, 3.05) is 13.6 Å². The number of benzene rings is 1. The molecule has 0 aliphatic heterocycles. The second-order valence-corrected chi connectivity index (χ2v) is 8.67. The smallest absolute Gasteiger partial charge is 0.139 e. The second-order valence-electron chi connectivity index (χ2n) is 8.67. The molecular weight excluding hydrogens is 440 g/mol. The molecule has 3 heterocycles. The number of nitrogens with one attached hydrogen (secondary N) is 3. The molecule has 4 N–H and O–H groups in total. The van der Waals surface area contributed by atoms with Crippen molar-refractivity contribution in [3.05, 3.63) is 60.2 Å². The van der Waals surface area contributed by atoms with Gasteiger partial charge in [-0.25, -0.2) is 9.97 Å². The number of rotatable bonds is 6. The largest absolute Gasteiger partial charge is 0.387 e. The van der Waals surface area contributed by atoms with Gasteiger partial charge in [-0.05, 0) is 37.4 Å². The number of hydrogen-bond donors (Lipinski definition) is 4. The molecular formula is C27H34N6O2. The van der Waals surface area contributed by atoms with Crippen molar-refractivity contribution in [2.45, 2.75) is 51.0 Å². The van der Waals surface area contributed by atoms with E-state index in [0.29, 0.717) is 18.8 Å². The number of aliphatic hydroxyl groups is 1. The lowest BCUT2D eigenvalue weighted by Gasteiger charge is -2.17. The fraction of sp³-hybridized carbons (Fsp3) is 0.407. The summed E-state index contributed by atoms with van der Waals surface area (Å²) in [4.78, 5) is 25.0. The normalized spacial score (nSPS) is 14.3. The van der Waals surface area contributed by atoms with E-state index in [1.54, 1.807) is 6.20 Å². The van der Waals surface area contributed by atoms with Crippen LogP contribution in [-0.2, 0) is 11.2 Å². The standard InChI is InChI=1S/C10H8N4O.C9H13NO.C8H13N/c15-4-2-8-13-7-5-12-10-6(1-3-11-10)9(7)14-8;1-10-7-9(11)8-5-3-2-4-6-8;9-7-6-8-4-2-1-3-5-8/h1,3-5H,2H2,(H,11,12)(H,13,14);2-6,9-11H,7H2,1H3;8H,1-6H2. The van der Waals surface area contributed by atoms with Crippen LogP contribution in [0.1, 0.15) is 56.0 Å². The van der Waals surface area contributed by atoms with E-state index in [-0.39, 0.29) is 6.10 Å². The minimum atomic E-state index is -0.388. The average molecular weight is 475 g/mol. The van der Waals surface area contributed by atoms with E-state index in [2.05, 4.69) is 31.3 Å². The van der Waals surface area contributed by atoms with Crippen LogP contribution in [0.3, 0.4) is 0 Å². The van der Waals surface area contributed by atoms with Crippen LogP contribution in [0.25, 0.3) is 22.1 Å². The topological polar surface area (TPSA) is 130 Å². The predicted octanol–water partition coefficient (Wildman–Crippen LogP) is 4.60. The number of imidazole rings is 1. The number of fused-ring (bicyclic) bond motifs is 3. The number of nitriles is 1. The first-order chi connectivity index (χ1) is 17.2. The Bertz CT molecular complexity index is 1200. The van der Waals surface area contributed by atoms with Crippen LogP contribution in [0.5, 0.6) is 0 Å². The Kier molecular flexibility index (Phi) is 10.4. The van der Waals surface area contributed by atoms with Gasteiger partial charge in [0.1, 0.15) is 23.3 Å². The third-order valence-corrected chi connectivity index (χ3v) is 6.05. The van der Waals surface area contributed by atoms with Crippen LogP contribution in [-0.4, -0.2) is 44.9 Å². The highest BCUT2D eigenvalue weighted by Gasteiger charge is 2.11. The summed E-state index contributed by atoms with van der Waals surface area (Å²) in [6.45, 7) is 0.601. The summed E-state index contributed by atoms with van der Waals surface area (Å²) in [7, 11) is 1.83. The molecule has 1 aliphatic rings. The summed E-state index contributed by atoms with van der Waals surface area (Å²) < 4.78 is 0. The molecule has 1 saturated carbocycles. The number of aldehydes is 1. The fourth-order valence-corrected chi connectivity index (χ4v) is 4.21. The average Bonchev–Trinajstić information content (AvgIpc) is 3.53. The van der Waals surface area contributed by atoms with Gasteiger partial charge >= 0.3 is 0 Å². The highest BCUT2D eigenvalue weighted by molar-refractivity contribution is 6.00. The molecule has 184 valence electrons.